The number of piperazine rings is 1. The molecule has 21 heavy (non-hydrogen) atoms. The van der Waals surface area contributed by atoms with Gasteiger partial charge in [-0.1, -0.05) is 44.4 Å². The minimum atomic E-state index is -0.644. The van der Waals surface area contributed by atoms with E-state index in [9.17, 15) is 9.59 Å². The number of anilines is 1. The first-order chi connectivity index (χ1) is 10.2. The summed E-state index contributed by atoms with van der Waals surface area (Å²) in [6, 6.07) is 7.95. The highest BCUT2D eigenvalue weighted by Gasteiger charge is 2.48. The Hall–Kier alpha value is -1.84. The van der Waals surface area contributed by atoms with E-state index in [2.05, 4.69) is 18.3 Å². The summed E-state index contributed by atoms with van der Waals surface area (Å²) in [5.41, 5.74) is 1.41. The molecule has 1 aliphatic heterocycles. The van der Waals surface area contributed by atoms with Gasteiger partial charge >= 0.3 is 0 Å². The molecule has 1 saturated heterocycles. The van der Waals surface area contributed by atoms with Crippen LogP contribution >= 0.6 is 0 Å². The van der Waals surface area contributed by atoms with Crippen LogP contribution < -0.4 is 10.2 Å². The van der Waals surface area contributed by atoms with E-state index in [4.69, 9.17) is 0 Å². The van der Waals surface area contributed by atoms with Crippen LogP contribution in [0.5, 0.6) is 0 Å². The van der Waals surface area contributed by atoms with Gasteiger partial charge in [0.2, 0.25) is 5.91 Å². The molecule has 0 unspecified atom stereocenters. The Bertz CT molecular complexity index is 562. The predicted octanol–water partition coefficient (Wildman–Crippen LogP) is 2.41. The third kappa shape index (κ3) is 2.43. The molecule has 4 nitrogen and oxygen atoms in total. The molecule has 2 amide bonds. The number of rotatable bonds is 3. The minimum Gasteiger partial charge on any atom is -0.340 e. The van der Waals surface area contributed by atoms with Gasteiger partial charge in [-0.2, -0.15) is 0 Å². The maximum absolute atomic E-state index is 13.0. The lowest BCUT2D eigenvalue weighted by Crippen LogP contribution is -2.65. The van der Waals surface area contributed by atoms with Gasteiger partial charge in [-0.05, 0) is 30.9 Å². The highest BCUT2D eigenvalue weighted by molar-refractivity contribution is 6.09. The maximum Gasteiger partial charge on any atom is 0.253 e. The Morgan fingerprint density at radius 2 is 1.90 bits per heavy atom. The van der Waals surface area contributed by atoms with E-state index in [1.807, 2.05) is 18.2 Å². The lowest BCUT2D eigenvalue weighted by molar-refractivity contribution is -0.135. The van der Waals surface area contributed by atoms with Gasteiger partial charge in [0.15, 0.2) is 0 Å². The molecule has 1 aromatic carbocycles. The predicted molar refractivity (Wildman–Crippen MR) is 82.1 cm³/mol. The van der Waals surface area contributed by atoms with Gasteiger partial charge in [0.25, 0.3) is 5.91 Å². The van der Waals surface area contributed by atoms with Crippen LogP contribution in [0.3, 0.4) is 0 Å². The van der Waals surface area contributed by atoms with E-state index < -0.39 is 5.54 Å². The molecule has 1 heterocycles. The van der Waals surface area contributed by atoms with Crippen LogP contribution in [0.25, 0.3) is 0 Å². The molecular weight excluding hydrogens is 264 g/mol. The first-order valence-corrected chi connectivity index (χ1v) is 7.87. The number of hydrogen-bond donors (Lipinski definition) is 1. The first-order valence-electron chi connectivity index (χ1n) is 7.87. The number of carbonyl (C=O) groups excluding carboxylic acids is 2. The lowest BCUT2D eigenvalue weighted by atomic mass is 9.92. The van der Waals surface area contributed by atoms with Crippen molar-refractivity contribution in [2.75, 3.05) is 11.4 Å². The van der Waals surface area contributed by atoms with Crippen LogP contribution in [0, 0.1) is 0 Å². The Kier molecular flexibility index (Phi) is 3.70. The third-order valence-electron chi connectivity index (χ3n) is 4.59. The zero-order valence-electron chi connectivity index (χ0n) is 12.5. The molecule has 3 rings (SSSR count). The van der Waals surface area contributed by atoms with Crippen molar-refractivity contribution in [1.82, 2.24) is 5.32 Å². The van der Waals surface area contributed by atoms with Gasteiger partial charge in [0.05, 0.1) is 0 Å². The van der Waals surface area contributed by atoms with Crippen LogP contribution in [-0.4, -0.2) is 23.9 Å². The summed E-state index contributed by atoms with van der Waals surface area (Å²) >= 11 is 0. The van der Waals surface area contributed by atoms with Crippen LogP contribution in [0.1, 0.15) is 44.6 Å². The van der Waals surface area contributed by atoms with Crippen molar-refractivity contribution < 1.29 is 9.59 Å². The van der Waals surface area contributed by atoms with Crippen LogP contribution in [0.2, 0.25) is 0 Å². The zero-order chi connectivity index (χ0) is 14.9. The second kappa shape index (κ2) is 5.51. The molecule has 1 saturated carbocycles. The van der Waals surface area contributed by atoms with Crippen LogP contribution in [-0.2, 0) is 16.0 Å². The van der Waals surface area contributed by atoms with Crippen LogP contribution in [0.4, 0.5) is 5.69 Å². The van der Waals surface area contributed by atoms with Crippen molar-refractivity contribution in [3.63, 3.8) is 0 Å². The number of benzene rings is 1. The molecule has 4 heteroatoms. The lowest BCUT2D eigenvalue weighted by Gasteiger charge is -2.40. The van der Waals surface area contributed by atoms with Crippen LogP contribution in [0.15, 0.2) is 24.3 Å². The van der Waals surface area contributed by atoms with Crippen molar-refractivity contribution in [3.8, 4) is 0 Å². The number of carbonyl (C=O) groups is 2. The molecular formula is C17H22N2O2. The molecule has 1 spiro atoms. The number of hydrogen-bond acceptors (Lipinski definition) is 2. The quantitative estimate of drug-likeness (QED) is 0.927. The summed E-state index contributed by atoms with van der Waals surface area (Å²) in [4.78, 5) is 26.8. The molecule has 1 aliphatic carbocycles. The molecule has 0 atom stereocenters. The summed E-state index contributed by atoms with van der Waals surface area (Å²) in [7, 11) is 0. The largest absolute Gasteiger partial charge is 0.340 e. The average molecular weight is 286 g/mol. The third-order valence-corrected chi connectivity index (χ3v) is 4.59. The number of para-hydroxylation sites is 1. The first kappa shape index (κ1) is 14.1. The highest BCUT2D eigenvalue weighted by atomic mass is 16.2. The van der Waals surface area contributed by atoms with E-state index in [1.165, 1.54) is 0 Å². The Balaban J connectivity index is 1.97. The molecule has 0 radical (unpaired) electrons. The van der Waals surface area contributed by atoms with E-state index in [0.29, 0.717) is 0 Å². The minimum absolute atomic E-state index is 0.0391. The van der Waals surface area contributed by atoms with Crippen molar-refractivity contribution in [1.29, 1.82) is 0 Å². The van der Waals surface area contributed by atoms with Gasteiger partial charge in [-0.3, -0.25) is 9.59 Å². The number of aryl methyl sites for hydroxylation is 1. The van der Waals surface area contributed by atoms with Gasteiger partial charge < -0.3 is 10.2 Å². The topological polar surface area (TPSA) is 49.4 Å². The smallest absolute Gasteiger partial charge is 0.253 e. The molecule has 2 fully saturated rings. The summed E-state index contributed by atoms with van der Waals surface area (Å²) < 4.78 is 0. The molecule has 1 aromatic rings. The summed E-state index contributed by atoms with van der Waals surface area (Å²) in [6.07, 6.45) is 5.51. The van der Waals surface area contributed by atoms with Crippen molar-refractivity contribution >= 4 is 17.5 Å². The SMILES string of the molecule is CCCc1ccccc1N1CC(=O)NC2(CCCC2)C1=O. The number of amides is 2. The molecule has 0 bridgehead atoms. The second-order valence-electron chi connectivity index (χ2n) is 6.11. The second-order valence-corrected chi connectivity index (χ2v) is 6.11. The van der Waals surface area contributed by atoms with Gasteiger partial charge in [0, 0.05) is 5.69 Å². The molecule has 1 N–H and O–H groups in total. The number of nitrogens with zero attached hydrogens (tertiary/aromatic N) is 1. The molecule has 0 aromatic heterocycles. The number of nitrogens with one attached hydrogen (secondary N) is 1. The Morgan fingerprint density at radius 1 is 1.19 bits per heavy atom. The summed E-state index contributed by atoms with van der Waals surface area (Å²) in [5, 5.41) is 2.96. The van der Waals surface area contributed by atoms with E-state index in [0.717, 1.165) is 49.8 Å². The standard InChI is InChI=1S/C17H22N2O2/c1-2-7-13-8-3-4-9-14(13)19-12-15(20)18-17(16(19)21)10-5-6-11-17/h3-4,8-9H,2,5-7,10-12H2,1H3,(H,18,20). The van der Waals surface area contributed by atoms with E-state index >= 15 is 0 Å². The normalized spacial score (nSPS) is 20.9. The molecule has 2 aliphatic rings. The van der Waals surface area contributed by atoms with Crippen molar-refractivity contribution in [2.45, 2.75) is 51.0 Å². The molecule has 112 valence electrons. The van der Waals surface area contributed by atoms with Gasteiger partial charge in [-0.15, -0.1) is 0 Å². The van der Waals surface area contributed by atoms with Crippen molar-refractivity contribution in [3.05, 3.63) is 29.8 Å². The summed E-state index contributed by atoms with van der Waals surface area (Å²) in [6.45, 7) is 2.27. The monoisotopic (exact) mass is 286 g/mol. The van der Waals surface area contributed by atoms with Gasteiger partial charge in [-0.25, -0.2) is 0 Å². The maximum atomic E-state index is 13.0. The fourth-order valence-electron chi connectivity index (χ4n) is 3.60. The van der Waals surface area contributed by atoms with E-state index in [-0.39, 0.29) is 18.4 Å². The highest BCUT2D eigenvalue weighted by Crippen LogP contribution is 2.35. The Morgan fingerprint density at radius 3 is 2.62 bits per heavy atom. The van der Waals surface area contributed by atoms with Gasteiger partial charge in [0.1, 0.15) is 12.1 Å². The average Bonchev–Trinajstić information content (AvgIpc) is 2.93. The fraction of sp³-hybridized carbons (Fsp3) is 0.529. The van der Waals surface area contributed by atoms with Crippen molar-refractivity contribution in [2.24, 2.45) is 0 Å². The Labute approximate surface area is 125 Å². The zero-order valence-corrected chi connectivity index (χ0v) is 12.5. The summed E-state index contributed by atoms with van der Waals surface area (Å²) in [5.74, 6) is 0.0333. The van der Waals surface area contributed by atoms with E-state index in [1.54, 1.807) is 4.90 Å². The fourth-order valence-corrected chi connectivity index (χ4v) is 3.60.